The highest BCUT2D eigenvalue weighted by Crippen LogP contribution is 2.31. The van der Waals surface area contributed by atoms with Gasteiger partial charge in [0.05, 0.1) is 25.3 Å². The molecule has 0 aliphatic carbocycles. The summed E-state index contributed by atoms with van der Waals surface area (Å²) in [6, 6.07) is 23.6. The highest BCUT2D eigenvalue weighted by Gasteiger charge is 2.24. The number of aryl methyl sites for hydroxylation is 1. The summed E-state index contributed by atoms with van der Waals surface area (Å²) in [6.45, 7) is 2.96. The molecular formula is C29H27N3O3. The summed E-state index contributed by atoms with van der Waals surface area (Å²) < 4.78 is 14.9. The standard InChI is InChI=1S/C29H27N3O3/c1-4-18-31-22-12-8-9-13-23(22)32-28(27(30-29(31)32)21-10-6-5-7-11-21)24(33)16-14-20-15-17-25(34-2)26(19-20)35-3/h5-17,19H,4,18H2,1-3H3. The molecule has 0 unspecified atom stereocenters. The fourth-order valence-corrected chi connectivity index (χ4v) is 4.48. The number of hydrogen-bond acceptors (Lipinski definition) is 4. The summed E-state index contributed by atoms with van der Waals surface area (Å²) in [4.78, 5) is 18.8. The van der Waals surface area contributed by atoms with Crippen LogP contribution in [0.1, 0.15) is 29.4 Å². The van der Waals surface area contributed by atoms with Crippen molar-refractivity contribution in [3.63, 3.8) is 0 Å². The molecule has 35 heavy (non-hydrogen) atoms. The van der Waals surface area contributed by atoms with Crippen LogP contribution >= 0.6 is 0 Å². The Morgan fingerprint density at radius 2 is 1.63 bits per heavy atom. The summed E-state index contributed by atoms with van der Waals surface area (Å²) in [5, 5.41) is 0. The van der Waals surface area contributed by atoms with Crippen LogP contribution in [-0.2, 0) is 6.54 Å². The summed E-state index contributed by atoms with van der Waals surface area (Å²) >= 11 is 0. The van der Waals surface area contributed by atoms with E-state index in [9.17, 15) is 4.79 Å². The third-order valence-electron chi connectivity index (χ3n) is 6.08. The van der Waals surface area contributed by atoms with Crippen molar-refractivity contribution in [3.05, 3.63) is 90.1 Å². The van der Waals surface area contributed by atoms with E-state index in [1.54, 1.807) is 26.4 Å². The molecule has 5 aromatic rings. The zero-order valence-corrected chi connectivity index (χ0v) is 20.1. The first-order chi connectivity index (χ1) is 17.2. The van der Waals surface area contributed by atoms with Gasteiger partial charge in [0.15, 0.2) is 11.5 Å². The molecule has 0 saturated carbocycles. The largest absolute Gasteiger partial charge is 0.493 e. The van der Waals surface area contributed by atoms with Crippen LogP contribution in [0, 0.1) is 0 Å². The molecule has 3 aromatic carbocycles. The van der Waals surface area contributed by atoms with E-state index in [-0.39, 0.29) is 5.78 Å². The molecule has 2 aromatic heterocycles. The van der Waals surface area contributed by atoms with Crippen LogP contribution in [0.4, 0.5) is 0 Å². The van der Waals surface area contributed by atoms with Gasteiger partial charge in [-0.15, -0.1) is 0 Å². The van der Waals surface area contributed by atoms with Crippen LogP contribution in [0.3, 0.4) is 0 Å². The smallest absolute Gasteiger partial charge is 0.216 e. The number of fused-ring (bicyclic) bond motifs is 3. The number of aromatic nitrogens is 3. The number of benzene rings is 3. The van der Waals surface area contributed by atoms with Crippen molar-refractivity contribution >= 4 is 28.7 Å². The number of para-hydroxylation sites is 2. The maximum absolute atomic E-state index is 13.8. The number of imidazole rings is 2. The molecule has 0 saturated heterocycles. The number of carbonyl (C=O) groups excluding carboxylic acids is 1. The minimum atomic E-state index is -0.120. The number of ether oxygens (including phenoxy) is 2. The monoisotopic (exact) mass is 465 g/mol. The van der Waals surface area contributed by atoms with Gasteiger partial charge in [-0.1, -0.05) is 61.5 Å². The second-order valence-electron chi connectivity index (χ2n) is 8.26. The van der Waals surface area contributed by atoms with E-state index in [2.05, 4.69) is 17.6 Å². The molecular weight excluding hydrogens is 438 g/mol. The van der Waals surface area contributed by atoms with E-state index >= 15 is 0 Å². The Kier molecular flexibility index (Phi) is 6.10. The normalized spacial score (nSPS) is 11.5. The van der Waals surface area contributed by atoms with E-state index in [0.29, 0.717) is 22.9 Å². The molecule has 0 amide bonds. The average molecular weight is 466 g/mol. The number of hydrogen-bond donors (Lipinski definition) is 0. The Morgan fingerprint density at radius 1 is 0.914 bits per heavy atom. The molecule has 6 heteroatoms. The van der Waals surface area contributed by atoms with Crippen LogP contribution in [0.5, 0.6) is 11.5 Å². The number of nitrogens with zero attached hydrogens (tertiary/aromatic N) is 3. The maximum atomic E-state index is 13.8. The van der Waals surface area contributed by atoms with Crippen LogP contribution in [0.2, 0.25) is 0 Å². The first-order valence-electron chi connectivity index (χ1n) is 11.7. The molecule has 5 rings (SSSR count). The van der Waals surface area contributed by atoms with Gasteiger partial charge in [-0.25, -0.2) is 4.98 Å². The van der Waals surface area contributed by atoms with Crippen LogP contribution in [0.15, 0.2) is 78.9 Å². The van der Waals surface area contributed by atoms with E-state index < -0.39 is 0 Å². The molecule has 0 atom stereocenters. The van der Waals surface area contributed by atoms with E-state index in [1.165, 1.54) is 0 Å². The van der Waals surface area contributed by atoms with Crippen LogP contribution in [-0.4, -0.2) is 34.0 Å². The minimum Gasteiger partial charge on any atom is -0.493 e. The van der Waals surface area contributed by atoms with E-state index in [1.807, 2.05) is 71.1 Å². The third-order valence-corrected chi connectivity index (χ3v) is 6.08. The second-order valence-corrected chi connectivity index (χ2v) is 8.26. The van der Waals surface area contributed by atoms with Gasteiger partial charge in [0.2, 0.25) is 11.6 Å². The lowest BCUT2D eigenvalue weighted by atomic mass is 10.1. The predicted octanol–water partition coefficient (Wildman–Crippen LogP) is 6.28. The molecule has 0 N–H and O–H groups in total. The Hall–Kier alpha value is -4.32. The molecule has 0 aliphatic heterocycles. The van der Waals surface area contributed by atoms with Crippen molar-refractivity contribution in [2.75, 3.05) is 14.2 Å². The van der Waals surface area contributed by atoms with Crippen molar-refractivity contribution in [3.8, 4) is 22.8 Å². The molecule has 0 radical (unpaired) electrons. The first-order valence-corrected chi connectivity index (χ1v) is 11.7. The molecule has 176 valence electrons. The lowest BCUT2D eigenvalue weighted by Crippen LogP contribution is -2.02. The number of allylic oxidation sites excluding steroid dienone is 1. The second kappa shape index (κ2) is 9.50. The Labute approximate surface area is 204 Å². The van der Waals surface area contributed by atoms with E-state index in [0.717, 1.165) is 40.9 Å². The number of carbonyl (C=O) groups is 1. The van der Waals surface area contributed by atoms with Crippen molar-refractivity contribution in [1.82, 2.24) is 14.0 Å². The van der Waals surface area contributed by atoms with Gasteiger partial charge < -0.3 is 14.0 Å². The van der Waals surface area contributed by atoms with Crippen molar-refractivity contribution in [2.24, 2.45) is 0 Å². The number of methoxy groups -OCH3 is 2. The van der Waals surface area contributed by atoms with Gasteiger partial charge in [0.25, 0.3) is 0 Å². The third kappa shape index (κ3) is 3.97. The van der Waals surface area contributed by atoms with Gasteiger partial charge in [-0.3, -0.25) is 9.20 Å². The fourth-order valence-electron chi connectivity index (χ4n) is 4.48. The summed E-state index contributed by atoms with van der Waals surface area (Å²) in [7, 11) is 3.19. The maximum Gasteiger partial charge on any atom is 0.216 e. The highest BCUT2D eigenvalue weighted by atomic mass is 16.5. The number of rotatable bonds is 8. The molecule has 0 fully saturated rings. The molecule has 0 aliphatic rings. The van der Waals surface area contributed by atoms with Gasteiger partial charge >= 0.3 is 0 Å². The zero-order chi connectivity index (χ0) is 24.4. The van der Waals surface area contributed by atoms with Crippen LogP contribution < -0.4 is 9.47 Å². The quantitative estimate of drug-likeness (QED) is 0.200. The Bertz CT molecular complexity index is 1540. The summed E-state index contributed by atoms with van der Waals surface area (Å²) in [5.74, 6) is 1.91. The fraction of sp³-hybridized carbons (Fsp3) is 0.172. The van der Waals surface area contributed by atoms with Gasteiger partial charge in [0, 0.05) is 12.1 Å². The van der Waals surface area contributed by atoms with Crippen molar-refractivity contribution < 1.29 is 14.3 Å². The molecule has 0 spiro atoms. The lowest BCUT2D eigenvalue weighted by molar-refractivity contribution is 0.104. The SMILES string of the molecule is CCCn1c2ccccc2n2c(C(=O)C=Cc3ccc(OC)c(OC)c3)c(-c3ccccc3)nc12. The highest BCUT2D eigenvalue weighted by molar-refractivity contribution is 6.11. The average Bonchev–Trinajstić information content (AvgIpc) is 3.44. The minimum absolute atomic E-state index is 0.120. The molecule has 2 heterocycles. The Balaban J connectivity index is 1.69. The molecule has 6 nitrogen and oxygen atoms in total. The van der Waals surface area contributed by atoms with E-state index in [4.69, 9.17) is 14.5 Å². The summed E-state index contributed by atoms with van der Waals surface area (Å²) in [5.41, 5.74) is 5.01. The number of ketones is 1. The van der Waals surface area contributed by atoms with Gasteiger partial charge in [-0.05, 0) is 42.3 Å². The predicted molar refractivity (Wildman–Crippen MR) is 139 cm³/mol. The topological polar surface area (TPSA) is 57.8 Å². The Morgan fingerprint density at radius 3 is 2.34 bits per heavy atom. The van der Waals surface area contributed by atoms with Crippen molar-refractivity contribution in [1.29, 1.82) is 0 Å². The zero-order valence-electron chi connectivity index (χ0n) is 20.1. The first kappa shape index (κ1) is 22.5. The van der Waals surface area contributed by atoms with Crippen LogP contribution in [0.25, 0.3) is 34.1 Å². The van der Waals surface area contributed by atoms with Gasteiger partial charge in [0.1, 0.15) is 11.4 Å². The molecule has 0 bridgehead atoms. The summed E-state index contributed by atoms with van der Waals surface area (Å²) in [6.07, 6.45) is 4.36. The van der Waals surface area contributed by atoms with Crippen molar-refractivity contribution in [2.45, 2.75) is 19.9 Å². The lowest BCUT2D eigenvalue weighted by Gasteiger charge is -2.07. The van der Waals surface area contributed by atoms with Gasteiger partial charge in [-0.2, -0.15) is 0 Å².